The van der Waals surface area contributed by atoms with Crippen molar-refractivity contribution in [1.29, 1.82) is 0 Å². The number of aliphatic hydroxyl groups excluding tert-OH is 3. The quantitative estimate of drug-likeness (QED) is 0.357. The zero-order valence-corrected chi connectivity index (χ0v) is 5.40. The van der Waals surface area contributed by atoms with E-state index in [9.17, 15) is 4.79 Å². The lowest BCUT2D eigenvalue weighted by atomic mass is 10.1. The van der Waals surface area contributed by atoms with Crippen LogP contribution >= 0.6 is 0 Å². The van der Waals surface area contributed by atoms with Crippen molar-refractivity contribution in [1.82, 2.24) is 0 Å². The summed E-state index contributed by atoms with van der Waals surface area (Å²) < 4.78 is 0. The van der Waals surface area contributed by atoms with E-state index in [1.165, 1.54) is 0 Å². The monoisotopic (exact) mass is 149 g/mol. The van der Waals surface area contributed by atoms with Gasteiger partial charge in [0.1, 0.15) is 6.10 Å². The van der Waals surface area contributed by atoms with Crippen LogP contribution < -0.4 is 5.73 Å². The van der Waals surface area contributed by atoms with E-state index in [0.29, 0.717) is 0 Å². The molecule has 0 spiro atoms. The molecule has 0 saturated heterocycles. The van der Waals surface area contributed by atoms with E-state index in [4.69, 9.17) is 15.3 Å². The first kappa shape index (κ1) is 9.35. The second-order valence-electron chi connectivity index (χ2n) is 1.99. The van der Waals surface area contributed by atoms with Crippen LogP contribution in [0.15, 0.2) is 0 Å². The summed E-state index contributed by atoms with van der Waals surface area (Å²) in [5.41, 5.74) is 4.66. The van der Waals surface area contributed by atoms with Gasteiger partial charge in [-0.2, -0.15) is 0 Å². The van der Waals surface area contributed by atoms with Crippen LogP contribution in [0.3, 0.4) is 0 Å². The molecule has 5 nitrogen and oxygen atoms in total. The predicted molar refractivity (Wildman–Crippen MR) is 32.9 cm³/mol. The summed E-state index contributed by atoms with van der Waals surface area (Å²) in [6.07, 6.45) is -2.67. The van der Waals surface area contributed by atoms with Crippen LogP contribution in [0.4, 0.5) is 0 Å². The first-order chi connectivity index (χ1) is 4.57. The molecular weight excluding hydrogens is 138 g/mol. The fourth-order valence-electron chi connectivity index (χ4n) is 0.448. The van der Waals surface area contributed by atoms with Gasteiger partial charge in [-0.3, -0.25) is 4.79 Å². The molecule has 0 aliphatic rings. The highest BCUT2D eigenvalue weighted by molar-refractivity contribution is 5.78. The summed E-state index contributed by atoms with van der Waals surface area (Å²) >= 11 is 0. The third kappa shape index (κ3) is 3.39. The third-order valence-corrected chi connectivity index (χ3v) is 1.03. The highest BCUT2D eigenvalue weighted by atomic mass is 16.3. The topological polar surface area (TPSA) is 104 Å². The number of hydrogen-bond acceptors (Lipinski definition) is 4. The number of amides is 1. The van der Waals surface area contributed by atoms with Gasteiger partial charge in [-0.05, 0) is 0 Å². The van der Waals surface area contributed by atoms with Crippen molar-refractivity contribution in [2.75, 3.05) is 6.61 Å². The second kappa shape index (κ2) is 4.21. The number of nitrogens with two attached hydrogens (primary N) is 1. The Bertz CT molecular complexity index is 116. The fraction of sp³-hybridized carbons (Fsp3) is 0.800. The van der Waals surface area contributed by atoms with Gasteiger partial charge in [-0.15, -0.1) is 0 Å². The smallest absolute Gasteiger partial charge is 0.246 e. The summed E-state index contributed by atoms with van der Waals surface area (Å²) in [7, 11) is 0. The first-order valence-corrected chi connectivity index (χ1v) is 2.84. The highest BCUT2D eigenvalue weighted by Gasteiger charge is 2.15. The Kier molecular flexibility index (Phi) is 3.94. The summed E-state index contributed by atoms with van der Waals surface area (Å²) in [4.78, 5) is 10.1. The van der Waals surface area contributed by atoms with Crippen molar-refractivity contribution in [3.8, 4) is 0 Å². The van der Waals surface area contributed by atoms with E-state index in [0.717, 1.165) is 0 Å². The average molecular weight is 149 g/mol. The normalized spacial score (nSPS) is 16.3. The molecule has 0 radical (unpaired) electrons. The summed E-state index contributed by atoms with van der Waals surface area (Å²) in [5, 5.41) is 25.6. The number of primary amides is 1. The van der Waals surface area contributed by atoms with Crippen LogP contribution in [0.2, 0.25) is 0 Å². The first-order valence-electron chi connectivity index (χ1n) is 2.84. The Balaban J connectivity index is 3.56. The molecule has 10 heavy (non-hydrogen) atoms. The van der Waals surface area contributed by atoms with Gasteiger partial charge in [-0.1, -0.05) is 0 Å². The maximum absolute atomic E-state index is 10.1. The van der Waals surface area contributed by atoms with Crippen LogP contribution in [0.25, 0.3) is 0 Å². The molecule has 60 valence electrons. The van der Waals surface area contributed by atoms with Gasteiger partial charge >= 0.3 is 0 Å². The van der Waals surface area contributed by atoms with Gasteiger partial charge < -0.3 is 21.1 Å². The SMILES string of the molecule is NC(=O)C(O)CC(O)CO. The fourth-order valence-corrected chi connectivity index (χ4v) is 0.448. The molecule has 5 heteroatoms. The molecule has 0 aromatic heterocycles. The summed E-state index contributed by atoms with van der Waals surface area (Å²) in [6, 6.07) is 0. The molecular formula is C5H11NO4. The average Bonchev–Trinajstić information content (AvgIpc) is 1.87. The third-order valence-electron chi connectivity index (χ3n) is 1.03. The van der Waals surface area contributed by atoms with Gasteiger partial charge in [0.05, 0.1) is 12.7 Å². The van der Waals surface area contributed by atoms with Gasteiger partial charge in [-0.25, -0.2) is 0 Å². The number of rotatable bonds is 4. The Morgan fingerprint density at radius 2 is 2.00 bits per heavy atom. The van der Waals surface area contributed by atoms with Crippen LogP contribution in [-0.2, 0) is 4.79 Å². The number of carbonyl (C=O) groups excluding carboxylic acids is 1. The molecule has 0 aliphatic heterocycles. The summed E-state index contributed by atoms with van der Waals surface area (Å²) in [6.45, 7) is -0.482. The number of aliphatic hydroxyl groups is 3. The van der Waals surface area contributed by atoms with E-state index in [2.05, 4.69) is 5.73 Å². The molecule has 0 aromatic carbocycles. The molecule has 2 atom stereocenters. The molecule has 0 heterocycles. The van der Waals surface area contributed by atoms with Gasteiger partial charge in [0.25, 0.3) is 0 Å². The van der Waals surface area contributed by atoms with Crippen molar-refractivity contribution in [3.05, 3.63) is 0 Å². The van der Waals surface area contributed by atoms with Gasteiger partial charge in [0.2, 0.25) is 5.91 Å². The Labute approximate surface area is 58.1 Å². The minimum atomic E-state index is -1.37. The minimum Gasteiger partial charge on any atom is -0.394 e. The van der Waals surface area contributed by atoms with Gasteiger partial charge in [0, 0.05) is 6.42 Å². The van der Waals surface area contributed by atoms with Crippen LogP contribution in [0.1, 0.15) is 6.42 Å². The molecule has 0 aromatic rings. The van der Waals surface area contributed by atoms with E-state index >= 15 is 0 Å². The zero-order valence-electron chi connectivity index (χ0n) is 5.40. The highest BCUT2D eigenvalue weighted by Crippen LogP contribution is 1.95. The van der Waals surface area contributed by atoms with E-state index < -0.39 is 24.7 Å². The van der Waals surface area contributed by atoms with Crippen LogP contribution in [-0.4, -0.2) is 40.0 Å². The van der Waals surface area contributed by atoms with Crippen molar-refractivity contribution >= 4 is 5.91 Å². The largest absolute Gasteiger partial charge is 0.394 e. The zero-order chi connectivity index (χ0) is 8.15. The van der Waals surface area contributed by atoms with E-state index in [1.807, 2.05) is 0 Å². The van der Waals surface area contributed by atoms with Crippen molar-refractivity contribution < 1.29 is 20.1 Å². The Hall–Kier alpha value is -0.650. The lowest BCUT2D eigenvalue weighted by molar-refractivity contribution is -0.127. The van der Waals surface area contributed by atoms with Crippen molar-refractivity contribution in [3.63, 3.8) is 0 Å². The predicted octanol–water partition coefficient (Wildman–Crippen LogP) is -2.42. The van der Waals surface area contributed by atoms with Crippen LogP contribution in [0.5, 0.6) is 0 Å². The maximum atomic E-state index is 10.1. The molecule has 5 N–H and O–H groups in total. The molecule has 0 bridgehead atoms. The van der Waals surface area contributed by atoms with E-state index in [-0.39, 0.29) is 6.42 Å². The van der Waals surface area contributed by atoms with Crippen molar-refractivity contribution in [2.45, 2.75) is 18.6 Å². The van der Waals surface area contributed by atoms with E-state index in [1.54, 1.807) is 0 Å². The standard InChI is InChI=1S/C5H11NO4/c6-5(10)4(9)1-3(8)2-7/h3-4,7-9H,1-2H2,(H2,6,10). The van der Waals surface area contributed by atoms with Crippen LogP contribution in [0, 0.1) is 0 Å². The van der Waals surface area contributed by atoms with Crippen molar-refractivity contribution in [2.24, 2.45) is 5.73 Å². The Morgan fingerprint density at radius 3 is 2.30 bits per heavy atom. The molecule has 0 saturated carbocycles. The molecule has 2 unspecified atom stereocenters. The lowest BCUT2D eigenvalue weighted by Crippen LogP contribution is -2.32. The molecule has 1 amide bonds. The maximum Gasteiger partial charge on any atom is 0.246 e. The summed E-state index contributed by atoms with van der Waals surface area (Å²) in [5.74, 6) is -0.896. The second-order valence-corrected chi connectivity index (χ2v) is 1.99. The Morgan fingerprint density at radius 1 is 1.50 bits per heavy atom. The molecule has 0 fully saturated rings. The number of hydrogen-bond donors (Lipinski definition) is 4. The minimum absolute atomic E-state index is 0.216. The molecule has 0 aliphatic carbocycles. The lowest BCUT2D eigenvalue weighted by Gasteiger charge is -2.09. The van der Waals surface area contributed by atoms with Gasteiger partial charge in [0.15, 0.2) is 0 Å². The number of carbonyl (C=O) groups is 1. The molecule has 0 rings (SSSR count).